The molecule has 3 heteroatoms. The molecule has 0 radical (unpaired) electrons. The molecule has 1 aliphatic rings. The molecule has 0 aromatic heterocycles. The Balaban J connectivity index is 1.65. The van der Waals surface area contributed by atoms with Gasteiger partial charge < -0.3 is 4.90 Å². The van der Waals surface area contributed by atoms with Gasteiger partial charge in [0.1, 0.15) is 0 Å². The van der Waals surface area contributed by atoms with Gasteiger partial charge in [0.15, 0.2) is 0 Å². The van der Waals surface area contributed by atoms with Crippen molar-refractivity contribution in [1.82, 2.24) is 4.90 Å². The Morgan fingerprint density at radius 2 is 1.90 bits per heavy atom. The minimum Gasteiger partial charge on any atom is -0.340 e. The summed E-state index contributed by atoms with van der Waals surface area (Å²) in [5.41, 5.74) is 3.72. The molecule has 1 amide bonds. The van der Waals surface area contributed by atoms with E-state index in [1.807, 2.05) is 24.1 Å². The number of benzene rings is 2. The van der Waals surface area contributed by atoms with Crippen LogP contribution in [0.3, 0.4) is 0 Å². The Labute approximate surface area is 130 Å². The van der Waals surface area contributed by atoms with Crippen LogP contribution in [0.1, 0.15) is 16.7 Å². The summed E-state index contributed by atoms with van der Waals surface area (Å²) in [7, 11) is 1.89. The molecule has 2 nitrogen and oxygen atoms in total. The minimum atomic E-state index is 0.0258. The molecule has 2 aromatic carbocycles. The summed E-state index contributed by atoms with van der Waals surface area (Å²) < 4.78 is 0. The van der Waals surface area contributed by atoms with Gasteiger partial charge in [0, 0.05) is 18.5 Å². The number of aryl methyl sites for hydroxylation is 1. The van der Waals surface area contributed by atoms with Crippen molar-refractivity contribution in [3.8, 4) is 0 Å². The van der Waals surface area contributed by atoms with Crippen LogP contribution < -0.4 is 0 Å². The number of amides is 1. The Hall–Kier alpha value is -1.74. The van der Waals surface area contributed by atoms with Gasteiger partial charge in [0.25, 0.3) is 0 Å². The standard InChI is InChI=1S/C18H19NOS/c1-13-7-9-14(10-8-13)12-19(2)18(20)17-11-15-5-3-4-6-16(15)21-17/h3-10,17H,11-12H2,1-2H3/t17-/m1/s1. The second-order valence-corrected chi connectivity index (χ2v) is 6.84. The molecule has 3 rings (SSSR count). The summed E-state index contributed by atoms with van der Waals surface area (Å²) in [4.78, 5) is 15.7. The van der Waals surface area contributed by atoms with Crippen molar-refractivity contribution in [2.45, 2.75) is 30.0 Å². The van der Waals surface area contributed by atoms with Crippen LogP contribution in [0, 0.1) is 6.92 Å². The molecule has 0 spiro atoms. The van der Waals surface area contributed by atoms with Gasteiger partial charge in [-0.2, -0.15) is 0 Å². The Kier molecular flexibility index (Phi) is 4.02. The number of carbonyl (C=O) groups is 1. The van der Waals surface area contributed by atoms with Gasteiger partial charge in [0.2, 0.25) is 5.91 Å². The first kappa shape index (κ1) is 14.2. The average molecular weight is 297 g/mol. The van der Waals surface area contributed by atoms with Gasteiger partial charge in [-0.15, -0.1) is 11.8 Å². The van der Waals surface area contributed by atoms with E-state index in [9.17, 15) is 4.79 Å². The van der Waals surface area contributed by atoms with Crippen LogP contribution in [0.4, 0.5) is 0 Å². The lowest BCUT2D eigenvalue weighted by atomic mass is 10.1. The van der Waals surface area contributed by atoms with Crippen molar-refractivity contribution in [2.24, 2.45) is 0 Å². The summed E-state index contributed by atoms with van der Waals surface area (Å²) in [5.74, 6) is 0.219. The molecule has 1 aliphatic heterocycles. The van der Waals surface area contributed by atoms with Crippen LogP contribution in [0.2, 0.25) is 0 Å². The van der Waals surface area contributed by atoms with Gasteiger partial charge in [-0.3, -0.25) is 4.79 Å². The first-order valence-electron chi connectivity index (χ1n) is 7.18. The molecule has 0 bridgehead atoms. The number of rotatable bonds is 3. The number of thioether (sulfide) groups is 1. The van der Waals surface area contributed by atoms with Crippen LogP contribution in [0.25, 0.3) is 0 Å². The maximum atomic E-state index is 12.6. The second kappa shape index (κ2) is 5.94. The lowest BCUT2D eigenvalue weighted by Gasteiger charge is -2.20. The lowest BCUT2D eigenvalue weighted by Crippen LogP contribution is -2.34. The van der Waals surface area contributed by atoms with E-state index in [4.69, 9.17) is 0 Å². The molecule has 0 saturated heterocycles. The molecule has 1 atom stereocenters. The largest absolute Gasteiger partial charge is 0.340 e. The molecule has 0 aliphatic carbocycles. The van der Waals surface area contributed by atoms with E-state index in [1.165, 1.54) is 21.6 Å². The van der Waals surface area contributed by atoms with E-state index < -0.39 is 0 Å². The molecule has 0 fully saturated rings. The van der Waals surface area contributed by atoms with E-state index >= 15 is 0 Å². The van der Waals surface area contributed by atoms with E-state index in [2.05, 4.69) is 43.3 Å². The SMILES string of the molecule is Cc1ccc(CN(C)C(=O)[C@H]2Cc3ccccc3S2)cc1. The first-order valence-corrected chi connectivity index (χ1v) is 8.06. The topological polar surface area (TPSA) is 20.3 Å². The summed E-state index contributed by atoms with van der Waals surface area (Å²) in [6.45, 7) is 2.75. The number of hydrogen-bond donors (Lipinski definition) is 0. The predicted octanol–water partition coefficient (Wildman–Crippen LogP) is 3.67. The van der Waals surface area contributed by atoms with Gasteiger partial charge in [-0.1, -0.05) is 48.0 Å². The zero-order chi connectivity index (χ0) is 14.8. The zero-order valence-corrected chi connectivity index (χ0v) is 13.2. The van der Waals surface area contributed by atoms with Crippen LogP contribution in [0.15, 0.2) is 53.4 Å². The Morgan fingerprint density at radius 1 is 1.19 bits per heavy atom. The van der Waals surface area contributed by atoms with Crippen molar-refractivity contribution in [2.75, 3.05) is 7.05 Å². The average Bonchev–Trinajstić information content (AvgIpc) is 2.92. The van der Waals surface area contributed by atoms with Crippen molar-refractivity contribution < 1.29 is 4.79 Å². The first-order chi connectivity index (χ1) is 10.1. The highest BCUT2D eigenvalue weighted by atomic mass is 32.2. The number of nitrogens with zero attached hydrogens (tertiary/aromatic N) is 1. The molecule has 21 heavy (non-hydrogen) atoms. The third kappa shape index (κ3) is 3.13. The molecule has 0 saturated carbocycles. The predicted molar refractivity (Wildman–Crippen MR) is 87.4 cm³/mol. The highest BCUT2D eigenvalue weighted by Gasteiger charge is 2.29. The third-order valence-corrected chi connectivity index (χ3v) is 5.14. The van der Waals surface area contributed by atoms with Crippen LogP contribution in [-0.4, -0.2) is 23.1 Å². The zero-order valence-electron chi connectivity index (χ0n) is 12.4. The fourth-order valence-corrected chi connectivity index (χ4v) is 3.92. The Morgan fingerprint density at radius 3 is 2.62 bits per heavy atom. The van der Waals surface area contributed by atoms with Crippen molar-refractivity contribution in [3.05, 3.63) is 65.2 Å². The molecular formula is C18H19NOS. The minimum absolute atomic E-state index is 0.0258. The van der Waals surface area contributed by atoms with Crippen molar-refractivity contribution >= 4 is 17.7 Å². The monoisotopic (exact) mass is 297 g/mol. The summed E-state index contributed by atoms with van der Waals surface area (Å²) in [6.07, 6.45) is 0.845. The van der Waals surface area contributed by atoms with Crippen LogP contribution in [0.5, 0.6) is 0 Å². The lowest BCUT2D eigenvalue weighted by molar-refractivity contribution is -0.129. The van der Waals surface area contributed by atoms with Crippen molar-refractivity contribution in [3.63, 3.8) is 0 Å². The van der Waals surface area contributed by atoms with Gasteiger partial charge in [-0.05, 0) is 30.5 Å². The van der Waals surface area contributed by atoms with E-state index in [1.54, 1.807) is 11.8 Å². The summed E-state index contributed by atoms with van der Waals surface area (Å²) in [5, 5.41) is 0.0258. The molecule has 0 N–H and O–H groups in total. The molecule has 0 unspecified atom stereocenters. The van der Waals surface area contributed by atoms with Gasteiger partial charge in [0.05, 0.1) is 5.25 Å². The normalized spacial score (nSPS) is 16.6. The molecule has 2 aromatic rings. The van der Waals surface area contributed by atoms with Crippen LogP contribution in [-0.2, 0) is 17.8 Å². The fraction of sp³-hybridized carbons (Fsp3) is 0.278. The maximum absolute atomic E-state index is 12.6. The van der Waals surface area contributed by atoms with Crippen molar-refractivity contribution in [1.29, 1.82) is 0 Å². The number of fused-ring (bicyclic) bond motifs is 1. The van der Waals surface area contributed by atoms with Gasteiger partial charge >= 0.3 is 0 Å². The smallest absolute Gasteiger partial charge is 0.236 e. The van der Waals surface area contributed by atoms with E-state index in [0.29, 0.717) is 6.54 Å². The van der Waals surface area contributed by atoms with E-state index in [-0.39, 0.29) is 11.2 Å². The fourth-order valence-electron chi connectivity index (χ4n) is 2.61. The number of hydrogen-bond acceptors (Lipinski definition) is 2. The summed E-state index contributed by atoms with van der Waals surface area (Å²) >= 11 is 1.69. The second-order valence-electron chi connectivity index (χ2n) is 5.60. The van der Waals surface area contributed by atoms with E-state index in [0.717, 1.165) is 6.42 Å². The molecule has 108 valence electrons. The molecule has 1 heterocycles. The highest BCUT2D eigenvalue weighted by Crippen LogP contribution is 2.37. The Bertz CT molecular complexity index is 626. The summed E-state index contributed by atoms with van der Waals surface area (Å²) in [6, 6.07) is 16.7. The highest BCUT2D eigenvalue weighted by molar-refractivity contribution is 8.01. The van der Waals surface area contributed by atoms with Gasteiger partial charge in [-0.25, -0.2) is 0 Å². The van der Waals surface area contributed by atoms with Crippen LogP contribution >= 0.6 is 11.8 Å². The molecular weight excluding hydrogens is 278 g/mol. The number of carbonyl (C=O) groups excluding carboxylic acids is 1. The quantitative estimate of drug-likeness (QED) is 0.861. The maximum Gasteiger partial charge on any atom is 0.236 e. The third-order valence-electron chi connectivity index (χ3n) is 3.84.